The molecule has 0 aliphatic rings. The molecule has 1 rings (SSSR count). The molecular weight excluding hydrogens is 268 g/mol. The fraction of sp³-hybridized carbons (Fsp3) is 0.471. The second-order valence-electron chi connectivity index (χ2n) is 4.73. The summed E-state index contributed by atoms with van der Waals surface area (Å²) in [5.41, 5.74) is 1.02. The van der Waals surface area contributed by atoms with Crippen LogP contribution in [0.15, 0.2) is 42.5 Å². The van der Waals surface area contributed by atoms with Gasteiger partial charge in [-0.05, 0) is 25.0 Å². The lowest BCUT2D eigenvalue weighted by molar-refractivity contribution is -0.137. The summed E-state index contributed by atoms with van der Waals surface area (Å²) >= 11 is 0. The zero-order valence-electron chi connectivity index (χ0n) is 12.7. The second-order valence-corrected chi connectivity index (χ2v) is 4.73. The van der Waals surface area contributed by atoms with E-state index in [2.05, 4.69) is 0 Å². The molecule has 21 heavy (non-hydrogen) atoms. The highest BCUT2D eigenvalue weighted by molar-refractivity contribution is 5.81. The Hall–Kier alpha value is -1.65. The van der Waals surface area contributed by atoms with Gasteiger partial charge in [0.1, 0.15) is 6.10 Å². The number of hydrogen-bond acceptors (Lipinski definition) is 4. The second kappa shape index (κ2) is 10.1. The van der Waals surface area contributed by atoms with Crippen molar-refractivity contribution >= 4 is 5.97 Å². The lowest BCUT2D eigenvalue weighted by Gasteiger charge is -2.20. The fourth-order valence-corrected chi connectivity index (χ4v) is 1.89. The molecule has 0 bridgehead atoms. The lowest BCUT2D eigenvalue weighted by atomic mass is 10.1. The van der Waals surface area contributed by atoms with Gasteiger partial charge in [-0.1, -0.05) is 43.7 Å². The highest BCUT2D eigenvalue weighted by Crippen LogP contribution is 2.11. The zero-order valence-corrected chi connectivity index (χ0v) is 12.7. The zero-order chi connectivity index (χ0) is 15.5. The van der Waals surface area contributed by atoms with Crippen molar-refractivity contribution in [3.8, 4) is 0 Å². The molecule has 0 aromatic heterocycles. The van der Waals surface area contributed by atoms with Crippen LogP contribution in [0, 0.1) is 0 Å². The Morgan fingerprint density at radius 2 is 2.00 bits per heavy atom. The SMILES string of the molecule is CCC[C@@H](O)[C@@H](/C=C/C(=O)OCC)OCc1ccccc1. The van der Waals surface area contributed by atoms with Crippen molar-refractivity contribution in [3.63, 3.8) is 0 Å². The smallest absolute Gasteiger partial charge is 0.330 e. The van der Waals surface area contributed by atoms with Crippen LogP contribution in [0.4, 0.5) is 0 Å². The van der Waals surface area contributed by atoms with Gasteiger partial charge in [0.15, 0.2) is 0 Å². The molecule has 0 aliphatic heterocycles. The summed E-state index contributed by atoms with van der Waals surface area (Å²) < 4.78 is 10.6. The Kier molecular flexibility index (Phi) is 8.40. The quantitative estimate of drug-likeness (QED) is 0.561. The summed E-state index contributed by atoms with van der Waals surface area (Å²) in [5, 5.41) is 10.1. The summed E-state index contributed by atoms with van der Waals surface area (Å²) in [4.78, 5) is 11.4. The van der Waals surface area contributed by atoms with E-state index in [0.717, 1.165) is 12.0 Å². The predicted octanol–water partition coefficient (Wildman–Crippen LogP) is 2.85. The van der Waals surface area contributed by atoms with Crippen molar-refractivity contribution in [1.29, 1.82) is 0 Å². The van der Waals surface area contributed by atoms with Gasteiger partial charge in [0.25, 0.3) is 0 Å². The number of rotatable bonds is 9. The van der Waals surface area contributed by atoms with Gasteiger partial charge >= 0.3 is 5.97 Å². The average Bonchev–Trinajstić information content (AvgIpc) is 2.48. The van der Waals surface area contributed by atoms with Crippen LogP contribution in [-0.2, 0) is 20.9 Å². The summed E-state index contributed by atoms with van der Waals surface area (Å²) in [6.07, 6.45) is 3.20. The molecule has 0 heterocycles. The summed E-state index contributed by atoms with van der Waals surface area (Å²) in [6.45, 7) is 4.46. The molecule has 0 unspecified atom stereocenters. The van der Waals surface area contributed by atoms with Gasteiger partial charge in [-0.25, -0.2) is 4.79 Å². The third-order valence-corrected chi connectivity index (χ3v) is 2.96. The van der Waals surface area contributed by atoms with Gasteiger partial charge in [0.05, 0.1) is 19.3 Å². The summed E-state index contributed by atoms with van der Waals surface area (Å²) in [7, 11) is 0. The van der Waals surface area contributed by atoms with E-state index in [0.29, 0.717) is 19.6 Å². The summed E-state index contributed by atoms with van der Waals surface area (Å²) in [5.74, 6) is -0.422. The Morgan fingerprint density at radius 1 is 1.29 bits per heavy atom. The lowest BCUT2D eigenvalue weighted by Crippen LogP contribution is -2.27. The molecule has 0 radical (unpaired) electrons. The summed E-state index contributed by atoms with van der Waals surface area (Å²) in [6, 6.07) is 9.72. The van der Waals surface area contributed by atoms with Crippen molar-refractivity contribution < 1.29 is 19.4 Å². The van der Waals surface area contributed by atoms with Crippen LogP contribution in [0.25, 0.3) is 0 Å². The van der Waals surface area contributed by atoms with Crippen molar-refractivity contribution in [2.24, 2.45) is 0 Å². The molecule has 1 N–H and O–H groups in total. The predicted molar refractivity (Wildman–Crippen MR) is 81.7 cm³/mol. The number of carbonyl (C=O) groups is 1. The van der Waals surface area contributed by atoms with Gasteiger partial charge < -0.3 is 14.6 Å². The molecule has 0 amide bonds. The molecule has 2 atom stereocenters. The number of esters is 1. The Balaban J connectivity index is 2.61. The van der Waals surface area contributed by atoms with Crippen molar-refractivity contribution in [2.45, 2.75) is 45.5 Å². The van der Waals surface area contributed by atoms with Gasteiger partial charge in [0, 0.05) is 6.08 Å². The number of carbonyl (C=O) groups excluding carboxylic acids is 1. The molecule has 1 aromatic rings. The minimum absolute atomic E-state index is 0.330. The third-order valence-electron chi connectivity index (χ3n) is 2.96. The standard InChI is InChI=1S/C17H24O4/c1-3-8-15(18)16(11-12-17(19)20-4-2)21-13-14-9-6-5-7-10-14/h5-7,9-12,15-16,18H,3-4,8,13H2,1-2H3/b12-11+/t15-,16-/m1/s1. The molecule has 4 heteroatoms. The maximum atomic E-state index is 11.4. The minimum Gasteiger partial charge on any atom is -0.463 e. The van der Waals surface area contributed by atoms with Crippen molar-refractivity contribution in [3.05, 3.63) is 48.0 Å². The van der Waals surface area contributed by atoms with Gasteiger partial charge in [-0.3, -0.25) is 0 Å². The first-order valence-corrected chi connectivity index (χ1v) is 7.35. The number of aliphatic hydroxyl groups is 1. The number of ether oxygens (including phenoxy) is 2. The minimum atomic E-state index is -0.635. The number of benzene rings is 1. The molecular formula is C17H24O4. The van der Waals surface area contributed by atoms with Crippen LogP contribution in [0.2, 0.25) is 0 Å². The van der Waals surface area contributed by atoms with Crippen molar-refractivity contribution in [1.82, 2.24) is 0 Å². The van der Waals surface area contributed by atoms with E-state index in [1.807, 2.05) is 37.3 Å². The molecule has 0 saturated heterocycles. The largest absolute Gasteiger partial charge is 0.463 e. The van der Waals surface area contributed by atoms with Gasteiger partial charge in [-0.15, -0.1) is 0 Å². The molecule has 116 valence electrons. The average molecular weight is 292 g/mol. The molecule has 0 spiro atoms. The maximum absolute atomic E-state index is 11.4. The van der Waals surface area contributed by atoms with Crippen LogP contribution < -0.4 is 0 Å². The number of aliphatic hydroxyl groups excluding tert-OH is 1. The highest BCUT2D eigenvalue weighted by atomic mass is 16.5. The Bertz CT molecular complexity index is 428. The van der Waals surface area contributed by atoms with E-state index in [1.165, 1.54) is 6.08 Å². The molecule has 0 fully saturated rings. The van der Waals surface area contributed by atoms with Gasteiger partial charge in [-0.2, -0.15) is 0 Å². The van der Waals surface area contributed by atoms with Crippen molar-refractivity contribution in [2.75, 3.05) is 6.61 Å². The van der Waals surface area contributed by atoms with Crippen LogP contribution in [0.1, 0.15) is 32.3 Å². The highest BCUT2D eigenvalue weighted by Gasteiger charge is 2.17. The van der Waals surface area contributed by atoms with Gasteiger partial charge in [0.2, 0.25) is 0 Å². The fourth-order valence-electron chi connectivity index (χ4n) is 1.89. The first kappa shape index (κ1) is 17.4. The van der Waals surface area contributed by atoms with E-state index in [1.54, 1.807) is 13.0 Å². The van der Waals surface area contributed by atoms with Crippen LogP contribution >= 0.6 is 0 Å². The van der Waals surface area contributed by atoms with Crippen LogP contribution in [-0.4, -0.2) is 29.9 Å². The molecule has 0 aliphatic carbocycles. The van der Waals surface area contributed by atoms with E-state index in [9.17, 15) is 9.90 Å². The molecule has 4 nitrogen and oxygen atoms in total. The van der Waals surface area contributed by atoms with E-state index < -0.39 is 18.2 Å². The first-order valence-electron chi connectivity index (χ1n) is 7.35. The molecule has 0 saturated carbocycles. The van der Waals surface area contributed by atoms with E-state index in [-0.39, 0.29) is 0 Å². The third kappa shape index (κ3) is 7.06. The van der Waals surface area contributed by atoms with Crippen LogP contribution in [0.5, 0.6) is 0 Å². The van der Waals surface area contributed by atoms with E-state index >= 15 is 0 Å². The Morgan fingerprint density at radius 3 is 2.62 bits per heavy atom. The number of hydrogen-bond donors (Lipinski definition) is 1. The van der Waals surface area contributed by atoms with E-state index in [4.69, 9.17) is 9.47 Å². The normalized spacial score (nSPS) is 14.0. The molecule has 1 aromatic carbocycles. The van der Waals surface area contributed by atoms with Crippen LogP contribution in [0.3, 0.4) is 0 Å². The maximum Gasteiger partial charge on any atom is 0.330 e. The first-order chi connectivity index (χ1) is 10.2. The monoisotopic (exact) mass is 292 g/mol. The Labute approximate surface area is 126 Å². The topological polar surface area (TPSA) is 55.8 Å².